The van der Waals surface area contributed by atoms with Crippen LogP contribution in [0.1, 0.15) is 54.9 Å². The first kappa shape index (κ1) is 23.3. The lowest BCUT2D eigenvalue weighted by atomic mass is 9.79. The summed E-state index contributed by atoms with van der Waals surface area (Å²) in [5.74, 6) is -1.10. The summed E-state index contributed by atoms with van der Waals surface area (Å²) in [7, 11) is 1.61. The highest BCUT2D eigenvalue weighted by Gasteiger charge is 2.33. The highest BCUT2D eigenvalue weighted by molar-refractivity contribution is 5.91. The van der Waals surface area contributed by atoms with Crippen LogP contribution in [0, 0.1) is 23.2 Å². The van der Waals surface area contributed by atoms with Crippen LogP contribution in [0.25, 0.3) is 0 Å². The zero-order valence-electron chi connectivity index (χ0n) is 16.9. The summed E-state index contributed by atoms with van der Waals surface area (Å²) in [6.07, 6.45) is 0.364. The highest BCUT2D eigenvalue weighted by Crippen LogP contribution is 2.27. The lowest BCUT2D eigenvalue weighted by molar-refractivity contribution is -0.139. The van der Waals surface area contributed by atoms with Crippen LogP contribution in [0.5, 0.6) is 0 Å². The van der Waals surface area contributed by atoms with Crippen molar-refractivity contribution in [1.29, 1.82) is 0 Å². The molecule has 0 aromatic carbocycles. The van der Waals surface area contributed by atoms with Crippen LogP contribution in [-0.4, -0.2) is 48.4 Å². The van der Waals surface area contributed by atoms with E-state index in [1.165, 1.54) is 4.90 Å². The molecule has 0 aliphatic heterocycles. The number of nitrogens with zero attached hydrogens (tertiary/aromatic N) is 1. The molecule has 0 rings (SSSR count). The topological polar surface area (TPSA) is 83.6 Å². The van der Waals surface area contributed by atoms with Crippen molar-refractivity contribution in [3.63, 3.8) is 0 Å². The van der Waals surface area contributed by atoms with Crippen molar-refractivity contribution >= 4 is 23.4 Å². The number of carbonyl (C=O) groups excluding carboxylic acids is 4. The van der Waals surface area contributed by atoms with E-state index < -0.39 is 5.41 Å². The summed E-state index contributed by atoms with van der Waals surface area (Å²) >= 11 is 0. The van der Waals surface area contributed by atoms with E-state index in [4.69, 9.17) is 0 Å². The normalized spacial score (nSPS) is 12.9. The predicted molar refractivity (Wildman–Crippen MR) is 97.9 cm³/mol. The predicted octanol–water partition coefficient (Wildman–Crippen LogP) is 2.06. The molecule has 1 atom stereocenters. The number of Topliss-reactive ketones (excluding diaryl/α,β-unsaturated/α-hetero) is 2. The van der Waals surface area contributed by atoms with Crippen LogP contribution in [0.4, 0.5) is 0 Å². The molecule has 0 aromatic heterocycles. The van der Waals surface area contributed by atoms with Crippen molar-refractivity contribution in [3.8, 4) is 0 Å². The maximum Gasteiger partial charge on any atom is 0.225 e. The molecule has 25 heavy (non-hydrogen) atoms. The molecule has 2 amide bonds. The van der Waals surface area contributed by atoms with Gasteiger partial charge in [0.1, 0.15) is 0 Å². The van der Waals surface area contributed by atoms with Crippen molar-refractivity contribution in [2.24, 2.45) is 23.2 Å². The Hall–Kier alpha value is -1.72. The maximum absolute atomic E-state index is 12.4. The minimum atomic E-state index is -0.734. The van der Waals surface area contributed by atoms with Crippen LogP contribution >= 0.6 is 0 Å². The van der Waals surface area contributed by atoms with Crippen LogP contribution in [0.15, 0.2) is 0 Å². The minimum Gasteiger partial charge on any atom is -0.349 e. The van der Waals surface area contributed by atoms with Crippen LogP contribution in [0.2, 0.25) is 0 Å². The Morgan fingerprint density at radius 1 is 0.960 bits per heavy atom. The number of hydrogen-bond acceptors (Lipinski definition) is 4. The number of amides is 2. The Kier molecular flexibility index (Phi) is 9.02. The number of ketones is 2. The summed E-state index contributed by atoms with van der Waals surface area (Å²) < 4.78 is 0. The van der Waals surface area contributed by atoms with E-state index in [0.29, 0.717) is 6.42 Å². The molecular formula is C19H34N2O4. The Labute approximate surface area is 151 Å². The first-order valence-electron chi connectivity index (χ1n) is 8.88. The molecule has 0 aromatic rings. The molecule has 0 bridgehead atoms. The number of nitrogens with one attached hydrogen (secondary N) is 1. The molecule has 1 unspecified atom stereocenters. The van der Waals surface area contributed by atoms with Gasteiger partial charge in [0.25, 0.3) is 0 Å². The average Bonchev–Trinajstić information content (AvgIpc) is 2.50. The summed E-state index contributed by atoms with van der Waals surface area (Å²) in [5, 5.41) is 2.62. The molecule has 0 aliphatic rings. The van der Waals surface area contributed by atoms with Gasteiger partial charge in [-0.05, 0) is 6.42 Å². The van der Waals surface area contributed by atoms with E-state index in [9.17, 15) is 19.2 Å². The third-order valence-corrected chi connectivity index (χ3v) is 4.35. The zero-order chi connectivity index (χ0) is 19.9. The van der Waals surface area contributed by atoms with E-state index in [1.807, 2.05) is 0 Å². The Balaban J connectivity index is 4.70. The van der Waals surface area contributed by atoms with Gasteiger partial charge in [-0.1, -0.05) is 48.5 Å². The van der Waals surface area contributed by atoms with Crippen LogP contribution < -0.4 is 5.32 Å². The molecule has 0 aliphatic carbocycles. The van der Waals surface area contributed by atoms with Gasteiger partial charge < -0.3 is 10.2 Å². The second kappa shape index (κ2) is 9.68. The fourth-order valence-electron chi connectivity index (χ4n) is 2.45. The molecule has 1 N–H and O–H groups in total. The molecule has 0 saturated heterocycles. The van der Waals surface area contributed by atoms with Gasteiger partial charge >= 0.3 is 0 Å². The maximum atomic E-state index is 12.4. The first-order chi connectivity index (χ1) is 11.3. The van der Waals surface area contributed by atoms with Crippen LogP contribution in [0.3, 0.4) is 0 Å². The molecular weight excluding hydrogens is 320 g/mol. The van der Waals surface area contributed by atoms with Gasteiger partial charge in [0, 0.05) is 30.2 Å². The third-order valence-electron chi connectivity index (χ3n) is 4.35. The van der Waals surface area contributed by atoms with Crippen molar-refractivity contribution in [1.82, 2.24) is 10.2 Å². The quantitative estimate of drug-likeness (QED) is 0.651. The zero-order valence-corrected chi connectivity index (χ0v) is 16.9. The van der Waals surface area contributed by atoms with Crippen molar-refractivity contribution < 1.29 is 19.2 Å². The molecule has 0 fully saturated rings. The monoisotopic (exact) mass is 354 g/mol. The fourth-order valence-corrected chi connectivity index (χ4v) is 2.45. The highest BCUT2D eigenvalue weighted by atomic mass is 16.2. The third kappa shape index (κ3) is 7.80. The number of carbonyl (C=O) groups is 4. The standard InChI is InChI=1S/C19H34N2O4/c1-12(2)15(22)11-21(8)18(25)14(5)9-19(6,7)16(23)10-20-17(24)13(3)4/h12-14H,9-11H2,1-8H3,(H,20,24). The molecule has 0 spiro atoms. The molecule has 0 saturated carbocycles. The lowest BCUT2D eigenvalue weighted by Crippen LogP contribution is -2.42. The van der Waals surface area contributed by atoms with Gasteiger partial charge in [-0.3, -0.25) is 19.2 Å². The number of rotatable bonds is 10. The lowest BCUT2D eigenvalue weighted by Gasteiger charge is -2.29. The molecule has 6 nitrogen and oxygen atoms in total. The van der Waals surface area contributed by atoms with Gasteiger partial charge in [0.15, 0.2) is 11.6 Å². The van der Waals surface area contributed by atoms with E-state index >= 15 is 0 Å². The van der Waals surface area contributed by atoms with Crippen LogP contribution in [-0.2, 0) is 19.2 Å². The minimum absolute atomic E-state index is 0.00906. The van der Waals surface area contributed by atoms with Crippen molar-refractivity contribution in [2.45, 2.75) is 54.9 Å². The molecule has 0 radical (unpaired) electrons. The van der Waals surface area contributed by atoms with E-state index in [-0.39, 0.29) is 54.2 Å². The Morgan fingerprint density at radius 3 is 1.92 bits per heavy atom. The summed E-state index contributed by atoms with van der Waals surface area (Å²) in [4.78, 5) is 49.7. The fraction of sp³-hybridized carbons (Fsp3) is 0.789. The van der Waals surface area contributed by atoms with E-state index in [0.717, 1.165) is 0 Å². The Morgan fingerprint density at radius 2 is 1.48 bits per heavy atom. The largest absolute Gasteiger partial charge is 0.349 e. The Bertz CT molecular complexity index is 510. The second-order valence-corrected chi connectivity index (χ2v) is 8.10. The average molecular weight is 354 g/mol. The van der Waals surface area contributed by atoms with E-state index in [1.54, 1.807) is 55.5 Å². The van der Waals surface area contributed by atoms with Crippen molar-refractivity contribution in [3.05, 3.63) is 0 Å². The number of hydrogen-bond donors (Lipinski definition) is 1. The molecule has 144 valence electrons. The second-order valence-electron chi connectivity index (χ2n) is 8.10. The summed E-state index contributed by atoms with van der Waals surface area (Å²) in [6.45, 7) is 12.5. The van der Waals surface area contributed by atoms with Gasteiger partial charge in [0.2, 0.25) is 11.8 Å². The smallest absolute Gasteiger partial charge is 0.225 e. The van der Waals surface area contributed by atoms with Gasteiger partial charge in [-0.15, -0.1) is 0 Å². The SMILES string of the molecule is CC(C)C(=O)CN(C)C(=O)C(C)CC(C)(C)C(=O)CNC(=O)C(C)C. The number of likely N-dealkylation sites (N-methyl/N-ethyl adjacent to an activating group) is 1. The van der Waals surface area contributed by atoms with Crippen molar-refractivity contribution in [2.75, 3.05) is 20.1 Å². The van der Waals surface area contributed by atoms with Gasteiger partial charge in [-0.2, -0.15) is 0 Å². The summed E-state index contributed by atoms with van der Waals surface area (Å²) in [5.41, 5.74) is -0.734. The van der Waals surface area contributed by atoms with E-state index in [2.05, 4.69) is 5.32 Å². The molecule has 0 heterocycles. The van der Waals surface area contributed by atoms with Gasteiger partial charge in [0.05, 0.1) is 13.1 Å². The van der Waals surface area contributed by atoms with Gasteiger partial charge in [-0.25, -0.2) is 0 Å². The molecule has 6 heteroatoms. The summed E-state index contributed by atoms with van der Waals surface area (Å²) in [6, 6.07) is 0. The first-order valence-corrected chi connectivity index (χ1v) is 8.88.